The van der Waals surface area contributed by atoms with Gasteiger partial charge in [0.1, 0.15) is 6.61 Å². The molecule has 17 heavy (non-hydrogen) atoms. The quantitative estimate of drug-likeness (QED) is 0.774. The fourth-order valence-electron chi connectivity index (χ4n) is 2.22. The maximum absolute atomic E-state index is 11.6. The third-order valence-electron chi connectivity index (χ3n) is 3.02. The molecule has 0 bridgehead atoms. The van der Waals surface area contributed by atoms with Crippen molar-refractivity contribution in [2.75, 3.05) is 18.9 Å². The topological polar surface area (TPSA) is 64.3 Å². The average Bonchev–Trinajstić information content (AvgIpc) is 2.69. The SMILES string of the molecule is CCOCC(=O)NC1CCc2cc(N)ccc21. The molecule has 1 aliphatic carbocycles. The zero-order chi connectivity index (χ0) is 12.3. The Labute approximate surface area is 101 Å². The Balaban J connectivity index is 2.00. The van der Waals surface area contributed by atoms with Gasteiger partial charge in [0.2, 0.25) is 5.91 Å². The number of rotatable bonds is 4. The summed E-state index contributed by atoms with van der Waals surface area (Å²) in [6.07, 6.45) is 1.91. The average molecular weight is 234 g/mol. The summed E-state index contributed by atoms with van der Waals surface area (Å²) in [6, 6.07) is 5.98. The number of carbonyl (C=O) groups is 1. The predicted molar refractivity (Wildman–Crippen MR) is 66.6 cm³/mol. The lowest BCUT2D eigenvalue weighted by Gasteiger charge is -2.14. The summed E-state index contributed by atoms with van der Waals surface area (Å²) in [5.74, 6) is -0.0541. The van der Waals surface area contributed by atoms with Crippen LogP contribution in [0.4, 0.5) is 5.69 Å². The smallest absolute Gasteiger partial charge is 0.246 e. The second kappa shape index (κ2) is 5.19. The minimum atomic E-state index is -0.0541. The Morgan fingerprint density at radius 1 is 1.59 bits per heavy atom. The number of fused-ring (bicyclic) bond motifs is 1. The lowest BCUT2D eigenvalue weighted by molar-refractivity contribution is -0.126. The van der Waals surface area contributed by atoms with Gasteiger partial charge >= 0.3 is 0 Å². The van der Waals surface area contributed by atoms with Gasteiger partial charge in [-0.05, 0) is 43.0 Å². The number of hydrogen-bond acceptors (Lipinski definition) is 3. The molecule has 3 N–H and O–H groups in total. The Hall–Kier alpha value is -1.55. The monoisotopic (exact) mass is 234 g/mol. The van der Waals surface area contributed by atoms with Crippen LogP contribution in [-0.2, 0) is 16.0 Å². The van der Waals surface area contributed by atoms with E-state index in [0.717, 1.165) is 18.5 Å². The van der Waals surface area contributed by atoms with Crippen LogP contribution in [0.25, 0.3) is 0 Å². The van der Waals surface area contributed by atoms with E-state index in [1.54, 1.807) is 0 Å². The highest BCUT2D eigenvalue weighted by Gasteiger charge is 2.23. The zero-order valence-electron chi connectivity index (χ0n) is 10.0. The summed E-state index contributed by atoms with van der Waals surface area (Å²) in [5.41, 5.74) is 8.94. The molecule has 0 radical (unpaired) electrons. The van der Waals surface area contributed by atoms with Gasteiger partial charge in [-0.15, -0.1) is 0 Å². The summed E-state index contributed by atoms with van der Waals surface area (Å²) in [7, 11) is 0. The molecule has 4 nitrogen and oxygen atoms in total. The zero-order valence-corrected chi connectivity index (χ0v) is 10.0. The summed E-state index contributed by atoms with van der Waals surface area (Å²) in [6.45, 7) is 2.57. The van der Waals surface area contributed by atoms with Crippen molar-refractivity contribution in [3.8, 4) is 0 Å². The van der Waals surface area contributed by atoms with Gasteiger partial charge in [0.25, 0.3) is 0 Å². The van der Waals surface area contributed by atoms with Crippen molar-refractivity contribution in [2.45, 2.75) is 25.8 Å². The van der Waals surface area contributed by atoms with Gasteiger partial charge in [-0.1, -0.05) is 6.07 Å². The molecular weight excluding hydrogens is 216 g/mol. The van der Waals surface area contributed by atoms with Gasteiger partial charge in [0.15, 0.2) is 0 Å². The third kappa shape index (κ3) is 2.77. The van der Waals surface area contributed by atoms with Crippen LogP contribution in [0.15, 0.2) is 18.2 Å². The Kier molecular flexibility index (Phi) is 3.64. The molecule has 1 aromatic carbocycles. The van der Waals surface area contributed by atoms with Crippen LogP contribution in [0.3, 0.4) is 0 Å². The molecule has 92 valence electrons. The molecule has 1 unspecified atom stereocenters. The fourth-order valence-corrected chi connectivity index (χ4v) is 2.22. The molecule has 0 aromatic heterocycles. The van der Waals surface area contributed by atoms with Crippen LogP contribution in [-0.4, -0.2) is 19.1 Å². The third-order valence-corrected chi connectivity index (χ3v) is 3.02. The van der Waals surface area contributed by atoms with E-state index in [4.69, 9.17) is 10.5 Å². The van der Waals surface area contributed by atoms with E-state index >= 15 is 0 Å². The number of nitrogen functional groups attached to an aromatic ring is 1. The number of nitrogens with two attached hydrogens (primary N) is 1. The molecule has 0 fully saturated rings. The van der Waals surface area contributed by atoms with Crippen molar-refractivity contribution in [2.24, 2.45) is 0 Å². The second-order valence-corrected chi connectivity index (χ2v) is 4.25. The first-order valence-electron chi connectivity index (χ1n) is 5.96. The van der Waals surface area contributed by atoms with Gasteiger partial charge in [-0.25, -0.2) is 0 Å². The summed E-state index contributed by atoms with van der Waals surface area (Å²) < 4.78 is 5.08. The van der Waals surface area contributed by atoms with Gasteiger partial charge < -0.3 is 15.8 Å². The Bertz CT molecular complexity index is 418. The number of anilines is 1. The number of amides is 1. The summed E-state index contributed by atoms with van der Waals surface area (Å²) in [4.78, 5) is 11.6. The Morgan fingerprint density at radius 3 is 3.18 bits per heavy atom. The highest BCUT2D eigenvalue weighted by molar-refractivity contribution is 5.78. The van der Waals surface area contributed by atoms with Crippen LogP contribution in [0.5, 0.6) is 0 Å². The van der Waals surface area contributed by atoms with Crippen LogP contribution in [0, 0.1) is 0 Å². The molecule has 1 amide bonds. The first-order valence-corrected chi connectivity index (χ1v) is 5.96. The summed E-state index contributed by atoms with van der Waals surface area (Å²) in [5, 5.41) is 2.98. The van der Waals surface area contributed by atoms with Gasteiger partial charge in [-0.2, -0.15) is 0 Å². The van der Waals surface area contributed by atoms with Crippen molar-refractivity contribution in [3.63, 3.8) is 0 Å². The van der Waals surface area contributed by atoms with E-state index in [2.05, 4.69) is 5.32 Å². The highest BCUT2D eigenvalue weighted by atomic mass is 16.5. The number of hydrogen-bond donors (Lipinski definition) is 2. The molecule has 1 aliphatic rings. The van der Waals surface area contributed by atoms with Gasteiger partial charge in [-0.3, -0.25) is 4.79 Å². The van der Waals surface area contributed by atoms with E-state index < -0.39 is 0 Å². The minimum absolute atomic E-state index is 0.0541. The largest absolute Gasteiger partial charge is 0.399 e. The minimum Gasteiger partial charge on any atom is -0.399 e. The number of carbonyl (C=O) groups excluding carboxylic acids is 1. The molecule has 4 heteroatoms. The van der Waals surface area contributed by atoms with Crippen molar-refractivity contribution in [1.29, 1.82) is 0 Å². The first kappa shape index (κ1) is 11.9. The van der Waals surface area contributed by atoms with Crippen molar-refractivity contribution in [3.05, 3.63) is 29.3 Å². The maximum atomic E-state index is 11.6. The summed E-state index contributed by atoms with van der Waals surface area (Å²) >= 11 is 0. The molecule has 0 saturated carbocycles. The van der Waals surface area contributed by atoms with E-state index in [1.807, 2.05) is 25.1 Å². The normalized spacial score (nSPS) is 17.8. The van der Waals surface area contributed by atoms with E-state index in [1.165, 1.54) is 11.1 Å². The van der Waals surface area contributed by atoms with E-state index in [9.17, 15) is 4.79 Å². The van der Waals surface area contributed by atoms with Crippen LogP contribution < -0.4 is 11.1 Å². The van der Waals surface area contributed by atoms with Crippen LogP contribution >= 0.6 is 0 Å². The standard InChI is InChI=1S/C13H18N2O2/c1-2-17-8-13(16)15-12-6-3-9-7-10(14)4-5-11(9)12/h4-5,7,12H,2-3,6,8,14H2,1H3,(H,15,16). The number of nitrogens with one attached hydrogen (secondary N) is 1. The fraction of sp³-hybridized carbons (Fsp3) is 0.462. The molecule has 0 aliphatic heterocycles. The molecule has 0 spiro atoms. The van der Waals surface area contributed by atoms with Crippen molar-refractivity contribution in [1.82, 2.24) is 5.32 Å². The number of ether oxygens (including phenoxy) is 1. The molecule has 0 heterocycles. The number of benzene rings is 1. The van der Waals surface area contributed by atoms with Crippen LogP contribution in [0.2, 0.25) is 0 Å². The molecular formula is C13H18N2O2. The van der Waals surface area contributed by atoms with E-state index in [0.29, 0.717) is 6.61 Å². The highest BCUT2D eigenvalue weighted by Crippen LogP contribution is 2.32. The first-order chi connectivity index (χ1) is 8.20. The Morgan fingerprint density at radius 2 is 2.41 bits per heavy atom. The van der Waals surface area contributed by atoms with Gasteiger partial charge in [0, 0.05) is 12.3 Å². The van der Waals surface area contributed by atoms with Crippen LogP contribution in [0.1, 0.15) is 30.5 Å². The molecule has 1 aromatic rings. The lowest BCUT2D eigenvalue weighted by Crippen LogP contribution is -2.30. The maximum Gasteiger partial charge on any atom is 0.246 e. The molecule has 1 atom stereocenters. The lowest BCUT2D eigenvalue weighted by atomic mass is 10.1. The second-order valence-electron chi connectivity index (χ2n) is 4.25. The van der Waals surface area contributed by atoms with E-state index in [-0.39, 0.29) is 18.6 Å². The van der Waals surface area contributed by atoms with Crippen molar-refractivity contribution < 1.29 is 9.53 Å². The predicted octanol–water partition coefficient (Wildman–Crippen LogP) is 1.41. The molecule has 0 saturated heterocycles. The number of aryl methyl sites for hydroxylation is 1. The molecule has 2 rings (SSSR count). The van der Waals surface area contributed by atoms with Crippen molar-refractivity contribution >= 4 is 11.6 Å². The van der Waals surface area contributed by atoms with Gasteiger partial charge in [0.05, 0.1) is 6.04 Å².